The SMILES string of the molecule is Cc1cccc(-c2cnc3[nH]ccc3n2)c1C#N. The molecule has 3 aromatic rings. The highest BCUT2D eigenvalue weighted by Gasteiger charge is 2.09. The van der Waals surface area contributed by atoms with Gasteiger partial charge in [0.2, 0.25) is 0 Å². The van der Waals surface area contributed by atoms with Crippen LogP contribution in [0.3, 0.4) is 0 Å². The van der Waals surface area contributed by atoms with Crippen molar-refractivity contribution < 1.29 is 0 Å². The molecule has 0 spiro atoms. The molecule has 0 saturated heterocycles. The summed E-state index contributed by atoms with van der Waals surface area (Å²) in [5, 5.41) is 9.23. The third-order valence-electron chi connectivity index (χ3n) is 2.92. The first kappa shape index (κ1) is 10.5. The average molecular weight is 234 g/mol. The van der Waals surface area contributed by atoms with Gasteiger partial charge < -0.3 is 4.98 Å². The Morgan fingerprint density at radius 2 is 2.17 bits per heavy atom. The lowest BCUT2D eigenvalue weighted by Crippen LogP contribution is -1.92. The second kappa shape index (κ2) is 3.97. The molecule has 0 bridgehead atoms. The van der Waals surface area contributed by atoms with Crippen LogP contribution in [0.4, 0.5) is 0 Å². The van der Waals surface area contributed by atoms with Gasteiger partial charge in [-0.1, -0.05) is 18.2 Å². The molecule has 1 aromatic carbocycles. The summed E-state index contributed by atoms with van der Waals surface area (Å²) < 4.78 is 0. The number of aromatic nitrogens is 3. The number of rotatable bonds is 1. The Labute approximate surface area is 104 Å². The van der Waals surface area contributed by atoms with E-state index in [0.717, 1.165) is 28.0 Å². The van der Waals surface area contributed by atoms with Crippen LogP contribution in [0.2, 0.25) is 0 Å². The van der Waals surface area contributed by atoms with E-state index in [1.54, 1.807) is 12.4 Å². The van der Waals surface area contributed by atoms with Gasteiger partial charge in [0.1, 0.15) is 11.6 Å². The molecule has 0 amide bonds. The fourth-order valence-electron chi connectivity index (χ4n) is 1.99. The first-order valence-electron chi connectivity index (χ1n) is 5.60. The smallest absolute Gasteiger partial charge is 0.156 e. The van der Waals surface area contributed by atoms with Crippen molar-refractivity contribution in [3.05, 3.63) is 47.8 Å². The monoisotopic (exact) mass is 234 g/mol. The lowest BCUT2D eigenvalue weighted by atomic mass is 10.0. The van der Waals surface area contributed by atoms with Crippen LogP contribution in [0.25, 0.3) is 22.4 Å². The number of aromatic amines is 1. The zero-order valence-corrected chi connectivity index (χ0v) is 9.81. The minimum Gasteiger partial charge on any atom is -0.345 e. The minimum atomic E-state index is 0.654. The van der Waals surface area contributed by atoms with E-state index in [1.807, 2.05) is 31.2 Å². The number of benzene rings is 1. The van der Waals surface area contributed by atoms with Gasteiger partial charge in [0.05, 0.1) is 17.5 Å². The lowest BCUT2D eigenvalue weighted by molar-refractivity contribution is 1.26. The second-order valence-corrected chi connectivity index (χ2v) is 4.08. The van der Waals surface area contributed by atoms with Crippen LogP contribution in [0, 0.1) is 18.3 Å². The molecule has 0 radical (unpaired) electrons. The molecule has 0 unspecified atom stereocenters. The Morgan fingerprint density at radius 3 is 3.00 bits per heavy atom. The lowest BCUT2D eigenvalue weighted by Gasteiger charge is -2.05. The first-order chi connectivity index (χ1) is 8.79. The summed E-state index contributed by atoms with van der Waals surface area (Å²) in [6.07, 6.45) is 3.49. The summed E-state index contributed by atoms with van der Waals surface area (Å²) in [7, 11) is 0. The molecule has 2 aromatic heterocycles. The summed E-state index contributed by atoms with van der Waals surface area (Å²) in [6.45, 7) is 1.92. The fourth-order valence-corrected chi connectivity index (χ4v) is 1.99. The van der Waals surface area contributed by atoms with E-state index in [9.17, 15) is 5.26 Å². The van der Waals surface area contributed by atoms with E-state index in [1.165, 1.54) is 0 Å². The van der Waals surface area contributed by atoms with Crippen LogP contribution < -0.4 is 0 Å². The van der Waals surface area contributed by atoms with Crippen molar-refractivity contribution in [3.63, 3.8) is 0 Å². The topological polar surface area (TPSA) is 65.4 Å². The number of nitriles is 1. The standard InChI is InChI=1S/C14H10N4/c1-9-3-2-4-10(11(9)7-15)13-8-17-14-12(18-13)5-6-16-14/h2-6,8H,1H3,(H,16,17). The zero-order chi connectivity index (χ0) is 12.5. The van der Waals surface area contributed by atoms with Crippen molar-refractivity contribution in [2.75, 3.05) is 0 Å². The van der Waals surface area contributed by atoms with Crippen molar-refractivity contribution in [1.82, 2.24) is 15.0 Å². The Kier molecular flexibility index (Phi) is 2.31. The summed E-state index contributed by atoms with van der Waals surface area (Å²) in [5.41, 5.74) is 4.71. The van der Waals surface area contributed by atoms with Gasteiger partial charge in [-0.3, -0.25) is 0 Å². The van der Waals surface area contributed by atoms with Gasteiger partial charge in [-0.05, 0) is 18.6 Å². The molecular formula is C14H10N4. The number of hydrogen-bond acceptors (Lipinski definition) is 3. The Morgan fingerprint density at radius 1 is 1.28 bits per heavy atom. The largest absolute Gasteiger partial charge is 0.345 e. The minimum absolute atomic E-state index is 0.654. The summed E-state index contributed by atoms with van der Waals surface area (Å²) in [4.78, 5) is 11.8. The van der Waals surface area contributed by atoms with E-state index in [-0.39, 0.29) is 0 Å². The van der Waals surface area contributed by atoms with Crippen LogP contribution in [0.1, 0.15) is 11.1 Å². The highest BCUT2D eigenvalue weighted by molar-refractivity contribution is 5.76. The molecule has 0 aliphatic heterocycles. The van der Waals surface area contributed by atoms with Crippen LogP contribution in [-0.2, 0) is 0 Å². The van der Waals surface area contributed by atoms with Gasteiger partial charge in [0, 0.05) is 11.8 Å². The van der Waals surface area contributed by atoms with Crippen molar-refractivity contribution >= 4 is 11.2 Å². The van der Waals surface area contributed by atoms with E-state index in [4.69, 9.17) is 0 Å². The van der Waals surface area contributed by atoms with E-state index < -0.39 is 0 Å². The number of fused-ring (bicyclic) bond motifs is 1. The molecule has 4 heteroatoms. The van der Waals surface area contributed by atoms with E-state index in [0.29, 0.717) is 5.56 Å². The van der Waals surface area contributed by atoms with Gasteiger partial charge in [0.15, 0.2) is 5.65 Å². The van der Waals surface area contributed by atoms with E-state index in [2.05, 4.69) is 21.0 Å². The predicted molar refractivity (Wildman–Crippen MR) is 68.8 cm³/mol. The third-order valence-corrected chi connectivity index (χ3v) is 2.92. The molecule has 3 rings (SSSR count). The molecule has 18 heavy (non-hydrogen) atoms. The quantitative estimate of drug-likeness (QED) is 0.704. The molecule has 4 nitrogen and oxygen atoms in total. The predicted octanol–water partition coefficient (Wildman–Crippen LogP) is 2.81. The zero-order valence-electron chi connectivity index (χ0n) is 9.81. The van der Waals surface area contributed by atoms with Gasteiger partial charge >= 0.3 is 0 Å². The molecule has 0 aliphatic rings. The highest BCUT2D eigenvalue weighted by Crippen LogP contribution is 2.24. The molecule has 86 valence electrons. The second-order valence-electron chi connectivity index (χ2n) is 4.08. The van der Waals surface area contributed by atoms with Crippen molar-refractivity contribution in [2.24, 2.45) is 0 Å². The molecule has 0 aliphatic carbocycles. The van der Waals surface area contributed by atoms with Crippen LogP contribution >= 0.6 is 0 Å². The number of aryl methyl sites for hydroxylation is 1. The molecule has 2 heterocycles. The molecule has 0 atom stereocenters. The number of nitrogens with one attached hydrogen (secondary N) is 1. The summed E-state index contributed by atoms with van der Waals surface area (Å²) in [5.74, 6) is 0. The van der Waals surface area contributed by atoms with Gasteiger partial charge in [-0.15, -0.1) is 0 Å². The molecular weight excluding hydrogens is 224 g/mol. The maximum Gasteiger partial charge on any atom is 0.156 e. The van der Waals surface area contributed by atoms with Gasteiger partial charge in [0.25, 0.3) is 0 Å². The maximum atomic E-state index is 9.23. The average Bonchev–Trinajstić information content (AvgIpc) is 2.85. The van der Waals surface area contributed by atoms with Crippen molar-refractivity contribution in [2.45, 2.75) is 6.92 Å². The highest BCUT2D eigenvalue weighted by atomic mass is 14.9. The molecule has 1 N–H and O–H groups in total. The fraction of sp³-hybridized carbons (Fsp3) is 0.0714. The van der Waals surface area contributed by atoms with E-state index >= 15 is 0 Å². The summed E-state index contributed by atoms with van der Waals surface area (Å²) >= 11 is 0. The third kappa shape index (κ3) is 1.54. The van der Waals surface area contributed by atoms with Gasteiger partial charge in [-0.2, -0.15) is 5.26 Å². The molecule has 0 fully saturated rings. The van der Waals surface area contributed by atoms with Gasteiger partial charge in [-0.25, -0.2) is 9.97 Å². The number of nitrogens with zero attached hydrogens (tertiary/aromatic N) is 3. The molecule has 0 saturated carbocycles. The number of H-pyrrole nitrogens is 1. The van der Waals surface area contributed by atoms with Crippen molar-refractivity contribution in [3.8, 4) is 17.3 Å². The van der Waals surface area contributed by atoms with Crippen LogP contribution in [-0.4, -0.2) is 15.0 Å². The Bertz CT molecular complexity index is 765. The first-order valence-corrected chi connectivity index (χ1v) is 5.60. The number of hydrogen-bond donors (Lipinski definition) is 1. The Hall–Kier alpha value is -2.67. The van der Waals surface area contributed by atoms with Crippen LogP contribution in [0.5, 0.6) is 0 Å². The van der Waals surface area contributed by atoms with Crippen molar-refractivity contribution in [1.29, 1.82) is 5.26 Å². The normalized spacial score (nSPS) is 10.4. The van der Waals surface area contributed by atoms with Crippen LogP contribution in [0.15, 0.2) is 36.7 Å². The Balaban J connectivity index is 2.26. The summed E-state index contributed by atoms with van der Waals surface area (Å²) in [6, 6.07) is 9.84. The maximum absolute atomic E-state index is 9.23.